The molecule has 0 amide bonds. The SMILES string of the molecule is CC(C)=C(C(Cl)C1NCCN1)C(C)N1CCNCC1. The maximum Gasteiger partial charge on any atom is 0.0847 e. The molecule has 2 aliphatic rings. The van der Waals surface area contributed by atoms with Gasteiger partial charge in [0.1, 0.15) is 0 Å². The third-order valence-electron chi connectivity index (χ3n) is 4.17. The van der Waals surface area contributed by atoms with E-state index in [9.17, 15) is 0 Å². The highest BCUT2D eigenvalue weighted by molar-refractivity contribution is 6.23. The summed E-state index contributed by atoms with van der Waals surface area (Å²) in [6, 6.07) is 0.416. The second-order valence-electron chi connectivity index (χ2n) is 5.70. The van der Waals surface area contributed by atoms with Crippen molar-refractivity contribution in [1.29, 1.82) is 0 Å². The summed E-state index contributed by atoms with van der Waals surface area (Å²) in [5.74, 6) is 0. The van der Waals surface area contributed by atoms with Gasteiger partial charge in [0, 0.05) is 45.3 Å². The Morgan fingerprint density at radius 2 is 1.68 bits per heavy atom. The molecule has 3 N–H and O–H groups in total. The Bertz CT molecular complexity index is 315. The lowest BCUT2D eigenvalue weighted by molar-refractivity contribution is 0.200. The molecule has 0 radical (unpaired) electrons. The van der Waals surface area contributed by atoms with E-state index in [0.717, 1.165) is 39.3 Å². The molecule has 2 heterocycles. The zero-order valence-corrected chi connectivity index (χ0v) is 13.1. The van der Waals surface area contributed by atoms with Crippen LogP contribution in [0.4, 0.5) is 0 Å². The average Bonchev–Trinajstić information content (AvgIpc) is 2.93. The standard InChI is InChI=1S/C14H27ClN4/c1-10(2)12(13(15)14-17-4-5-18-14)11(3)19-8-6-16-7-9-19/h11,13-14,16-18H,4-9H2,1-3H3. The second kappa shape index (κ2) is 7.04. The van der Waals surface area contributed by atoms with Crippen LogP contribution in [0.3, 0.4) is 0 Å². The normalized spacial score (nSPS) is 25.3. The van der Waals surface area contributed by atoms with Gasteiger partial charge in [0.2, 0.25) is 0 Å². The predicted octanol–water partition coefficient (Wildman–Crippen LogP) is 0.743. The molecule has 0 saturated carbocycles. The Balaban J connectivity index is 2.08. The van der Waals surface area contributed by atoms with E-state index in [-0.39, 0.29) is 11.5 Å². The van der Waals surface area contributed by atoms with Crippen LogP contribution >= 0.6 is 11.6 Å². The third kappa shape index (κ3) is 3.70. The lowest BCUT2D eigenvalue weighted by Crippen LogP contribution is -2.51. The quantitative estimate of drug-likeness (QED) is 0.527. The molecule has 2 aliphatic heterocycles. The van der Waals surface area contributed by atoms with E-state index in [2.05, 4.69) is 41.6 Å². The molecule has 110 valence electrons. The summed E-state index contributed by atoms with van der Waals surface area (Å²) >= 11 is 6.74. The molecule has 2 atom stereocenters. The van der Waals surface area contributed by atoms with E-state index in [1.54, 1.807) is 0 Å². The summed E-state index contributed by atoms with van der Waals surface area (Å²) in [6.07, 6.45) is 0.205. The van der Waals surface area contributed by atoms with Crippen molar-refractivity contribution >= 4 is 11.6 Å². The first-order chi connectivity index (χ1) is 9.11. The van der Waals surface area contributed by atoms with E-state index < -0.39 is 0 Å². The van der Waals surface area contributed by atoms with Crippen molar-refractivity contribution in [1.82, 2.24) is 20.9 Å². The van der Waals surface area contributed by atoms with Gasteiger partial charge in [-0.2, -0.15) is 0 Å². The molecule has 2 fully saturated rings. The van der Waals surface area contributed by atoms with Gasteiger partial charge >= 0.3 is 0 Å². The Morgan fingerprint density at radius 1 is 1.11 bits per heavy atom. The van der Waals surface area contributed by atoms with E-state index in [1.165, 1.54) is 11.1 Å². The smallest absolute Gasteiger partial charge is 0.0847 e. The Morgan fingerprint density at radius 3 is 2.21 bits per heavy atom. The number of hydrogen-bond acceptors (Lipinski definition) is 4. The minimum atomic E-state index is 0.0254. The minimum absolute atomic E-state index is 0.0254. The number of nitrogens with one attached hydrogen (secondary N) is 3. The maximum absolute atomic E-state index is 6.74. The fourth-order valence-electron chi connectivity index (χ4n) is 3.10. The molecule has 2 rings (SSSR count). The summed E-state index contributed by atoms with van der Waals surface area (Å²) in [4.78, 5) is 2.53. The van der Waals surface area contributed by atoms with Crippen LogP contribution in [0.2, 0.25) is 0 Å². The summed E-state index contributed by atoms with van der Waals surface area (Å²) in [7, 11) is 0. The van der Waals surface area contributed by atoms with Crippen molar-refractivity contribution in [2.45, 2.75) is 38.4 Å². The summed E-state index contributed by atoms with van der Waals surface area (Å²) < 4.78 is 0. The van der Waals surface area contributed by atoms with Crippen molar-refractivity contribution in [2.24, 2.45) is 0 Å². The van der Waals surface area contributed by atoms with Gasteiger partial charge in [-0.1, -0.05) is 5.57 Å². The lowest BCUT2D eigenvalue weighted by Gasteiger charge is -2.37. The first-order valence-corrected chi connectivity index (χ1v) is 7.77. The molecule has 0 aliphatic carbocycles. The number of hydrogen-bond donors (Lipinski definition) is 3. The highest BCUT2D eigenvalue weighted by Gasteiger charge is 2.31. The van der Waals surface area contributed by atoms with Gasteiger partial charge < -0.3 is 5.32 Å². The summed E-state index contributed by atoms with van der Waals surface area (Å²) in [5, 5.41) is 10.3. The van der Waals surface area contributed by atoms with Crippen molar-refractivity contribution in [3.63, 3.8) is 0 Å². The molecular weight excluding hydrogens is 260 g/mol. The van der Waals surface area contributed by atoms with Gasteiger partial charge in [-0.15, -0.1) is 11.6 Å². The predicted molar refractivity (Wildman–Crippen MR) is 81.7 cm³/mol. The molecule has 4 nitrogen and oxygen atoms in total. The van der Waals surface area contributed by atoms with Gasteiger partial charge in [-0.3, -0.25) is 15.5 Å². The molecule has 0 aromatic carbocycles. The maximum atomic E-state index is 6.74. The van der Waals surface area contributed by atoms with Crippen LogP contribution in [0, 0.1) is 0 Å². The molecular formula is C14H27ClN4. The fourth-order valence-corrected chi connectivity index (χ4v) is 3.68. The number of allylic oxidation sites excluding steroid dienone is 1. The van der Waals surface area contributed by atoms with Gasteiger partial charge in [0.25, 0.3) is 0 Å². The van der Waals surface area contributed by atoms with Crippen LogP contribution in [0.25, 0.3) is 0 Å². The molecule has 0 aromatic heterocycles. The Kier molecular flexibility index (Phi) is 5.66. The largest absolute Gasteiger partial charge is 0.314 e. The van der Waals surface area contributed by atoms with Crippen LogP contribution < -0.4 is 16.0 Å². The Labute approximate surface area is 121 Å². The lowest BCUT2D eigenvalue weighted by atomic mass is 9.96. The van der Waals surface area contributed by atoms with E-state index >= 15 is 0 Å². The number of alkyl halides is 1. The zero-order chi connectivity index (χ0) is 13.8. The van der Waals surface area contributed by atoms with E-state index in [0.29, 0.717) is 6.04 Å². The first kappa shape index (κ1) is 15.3. The third-order valence-corrected chi connectivity index (χ3v) is 4.66. The zero-order valence-electron chi connectivity index (χ0n) is 12.3. The number of rotatable bonds is 4. The van der Waals surface area contributed by atoms with Crippen LogP contribution in [0.1, 0.15) is 20.8 Å². The molecule has 0 spiro atoms. The molecule has 5 heteroatoms. The Hall–Kier alpha value is -0.130. The summed E-state index contributed by atoms with van der Waals surface area (Å²) in [6.45, 7) is 13.0. The molecule has 2 unspecified atom stereocenters. The van der Waals surface area contributed by atoms with Gasteiger partial charge in [0.05, 0.1) is 11.5 Å². The van der Waals surface area contributed by atoms with Gasteiger partial charge in [-0.25, -0.2) is 0 Å². The number of nitrogens with zero attached hydrogens (tertiary/aromatic N) is 1. The van der Waals surface area contributed by atoms with Crippen molar-refractivity contribution in [3.8, 4) is 0 Å². The monoisotopic (exact) mass is 286 g/mol. The average molecular weight is 287 g/mol. The topological polar surface area (TPSA) is 39.3 Å². The highest BCUT2D eigenvalue weighted by atomic mass is 35.5. The van der Waals surface area contributed by atoms with Gasteiger partial charge in [0.15, 0.2) is 0 Å². The van der Waals surface area contributed by atoms with Crippen molar-refractivity contribution in [2.75, 3.05) is 39.3 Å². The van der Waals surface area contributed by atoms with Gasteiger partial charge in [-0.05, 0) is 26.3 Å². The van der Waals surface area contributed by atoms with Crippen molar-refractivity contribution in [3.05, 3.63) is 11.1 Å². The van der Waals surface area contributed by atoms with E-state index in [4.69, 9.17) is 11.6 Å². The molecule has 0 bridgehead atoms. The van der Waals surface area contributed by atoms with Crippen LogP contribution in [-0.4, -0.2) is 61.8 Å². The fraction of sp³-hybridized carbons (Fsp3) is 0.857. The second-order valence-corrected chi connectivity index (χ2v) is 6.18. The first-order valence-electron chi connectivity index (χ1n) is 7.34. The van der Waals surface area contributed by atoms with E-state index in [1.807, 2.05) is 0 Å². The highest BCUT2D eigenvalue weighted by Crippen LogP contribution is 2.25. The minimum Gasteiger partial charge on any atom is -0.314 e. The molecule has 0 aromatic rings. The number of piperazine rings is 1. The molecule has 2 saturated heterocycles. The number of halogens is 1. The van der Waals surface area contributed by atoms with Crippen LogP contribution in [0.5, 0.6) is 0 Å². The summed E-state index contributed by atoms with van der Waals surface area (Å²) in [5.41, 5.74) is 2.72. The van der Waals surface area contributed by atoms with Crippen molar-refractivity contribution < 1.29 is 0 Å². The van der Waals surface area contributed by atoms with Crippen LogP contribution in [0.15, 0.2) is 11.1 Å². The van der Waals surface area contributed by atoms with Crippen LogP contribution in [-0.2, 0) is 0 Å². The molecule has 19 heavy (non-hydrogen) atoms.